The van der Waals surface area contributed by atoms with Gasteiger partial charge in [0.15, 0.2) is 5.78 Å². The summed E-state index contributed by atoms with van der Waals surface area (Å²) in [5.41, 5.74) is 0.624. The molecule has 0 radical (unpaired) electrons. The molecule has 2 rings (SSSR count). The normalized spacial score (nSPS) is 20.9. The lowest BCUT2D eigenvalue weighted by Gasteiger charge is -2.29. The molecule has 0 bridgehead atoms. The SMILES string of the molecule is CN1CCOC(C(=O)Cc2ccc(Cl)c(F)c2)C1. The third-order valence-corrected chi connectivity index (χ3v) is 3.30. The first-order chi connectivity index (χ1) is 8.56. The van der Waals surface area contributed by atoms with E-state index < -0.39 is 11.9 Å². The van der Waals surface area contributed by atoms with Crippen LogP contribution in [-0.4, -0.2) is 43.5 Å². The van der Waals surface area contributed by atoms with Crippen LogP contribution in [-0.2, 0) is 16.0 Å². The standard InChI is InChI=1S/C13H15ClFNO2/c1-16-4-5-18-13(8-16)12(17)7-9-2-3-10(14)11(15)6-9/h2-3,6,13H,4-5,7-8H2,1H3. The van der Waals surface area contributed by atoms with Gasteiger partial charge in [-0.25, -0.2) is 4.39 Å². The highest BCUT2D eigenvalue weighted by atomic mass is 35.5. The predicted octanol–water partition coefficient (Wildman–Crippen LogP) is 1.92. The summed E-state index contributed by atoms with van der Waals surface area (Å²) in [4.78, 5) is 14.1. The number of halogens is 2. The maximum absolute atomic E-state index is 13.3. The minimum Gasteiger partial charge on any atom is -0.368 e. The Morgan fingerprint density at radius 1 is 1.61 bits per heavy atom. The maximum Gasteiger partial charge on any atom is 0.167 e. The molecule has 0 amide bonds. The van der Waals surface area contributed by atoms with Crippen LogP contribution in [0.15, 0.2) is 18.2 Å². The van der Waals surface area contributed by atoms with Gasteiger partial charge in [0.2, 0.25) is 0 Å². The molecule has 1 unspecified atom stereocenters. The van der Waals surface area contributed by atoms with Gasteiger partial charge in [0.25, 0.3) is 0 Å². The van der Waals surface area contributed by atoms with Crippen molar-refractivity contribution in [2.24, 2.45) is 0 Å². The lowest BCUT2D eigenvalue weighted by Crippen LogP contribution is -2.44. The number of rotatable bonds is 3. The molecule has 1 aromatic rings. The summed E-state index contributed by atoms with van der Waals surface area (Å²) >= 11 is 5.59. The first-order valence-electron chi connectivity index (χ1n) is 5.83. The third kappa shape index (κ3) is 3.28. The molecule has 0 spiro atoms. The van der Waals surface area contributed by atoms with Crippen LogP contribution in [0, 0.1) is 5.82 Å². The van der Waals surface area contributed by atoms with Crippen molar-refractivity contribution in [3.05, 3.63) is 34.6 Å². The van der Waals surface area contributed by atoms with E-state index in [-0.39, 0.29) is 17.2 Å². The molecule has 1 heterocycles. The first-order valence-corrected chi connectivity index (χ1v) is 6.21. The van der Waals surface area contributed by atoms with Crippen LogP contribution in [0.2, 0.25) is 5.02 Å². The van der Waals surface area contributed by atoms with E-state index in [9.17, 15) is 9.18 Å². The van der Waals surface area contributed by atoms with Crippen LogP contribution in [0.1, 0.15) is 5.56 Å². The van der Waals surface area contributed by atoms with E-state index in [2.05, 4.69) is 4.90 Å². The molecule has 18 heavy (non-hydrogen) atoms. The highest BCUT2D eigenvalue weighted by molar-refractivity contribution is 6.30. The van der Waals surface area contributed by atoms with E-state index in [1.807, 2.05) is 7.05 Å². The molecule has 0 N–H and O–H groups in total. The molecule has 0 saturated carbocycles. The number of nitrogens with zero attached hydrogens (tertiary/aromatic N) is 1. The summed E-state index contributed by atoms with van der Waals surface area (Å²) < 4.78 is 18.7. The van der Waals surface area contributed by atoms with Crippen molar-refractivity contribution in [3.63, 3.8) is 0 Å². The quantitative estimate of drug-likeness (QED) is 0.841. The van der Waals surface area contributed by atoms with Crippen LogP contribution >= 0.6 is 11.6 Å². The molecule has 1 atom stereocenters. The summed E-state index contributed by atoms with van der Waals surface area (Å²) in [7, 11) is 1.95. The minimum atomic E-state index is -0.497. The molecular weight excluding hydrogens is 257 g/mol. The molecular formula is C13H15ClFNO2. The summed E-state index contributed by atoms with van der Waals surface area (Å²) in [5, 5.41) is 0.0693. The van der Waals surface area contributed by atoms with Gasteiger partial charge in [-0.2, -0.15) is 0 Å². The van der Waals surface area contributed by atoms with Crippen LogP contribution < -0.4 is 0 Å². The second-order valence-electron chi connectivity index (χ2n) is 4.51. The van der Waals surface area contributed by atoms with Crippen molar-refractivity contribution in [2.75, 3.05) is 26.7 Å². The Balaban J connectivity index is 2.00. The fourth-order valence-corrected chi connectivity index (χ4v) is 2.05. The summed E-state index contributed by atoms with van der Waals surface area (Å²) in [5.74, 6) is -0.521. The van der Waals surface area contributed by atoms with E-state index in [4.69, 9.17) is 16.3 Å². The van der Waals surface area contributed by atoms with Crippen molar-refractivity contribution in [2.45, 2.75) is 12.5 Å². The lowest BCUT2D eigenvalue weighted by molar-refractivity contribution is -0.134. The number of carbonyl (C=O) groups excluding carboxylic acids is 1. The van der Waals surface area contributed by atoms with Crippen LogP contribution in [0.4, 0.5) is 4.39 Å². The second kappa shape index (κ2) is 5.78. The molecule has 1 aliphatic rings. The lowest BCUT2D eigenvalue weighted by atomic mass is 10.0. The molecule has 0 aliphatic carbocycles. The predicted molar refractivity (Wildman–Crippen MR) is 67.4 cm³/mol. The zero-order valence-corrected chi connectivity index (χ0v) is 10.9. The smallest absolute Gasteiger partial charge is 0.167 e. The highest BCUT2D eigenvalue weighted by Crippen LogP contribution is 2.17. The third-order valence-electron chi connectivity index (χ3n) is 2.99. The summed E-state index contributed by atoms with van der Waals surface area (Å²) in [6, 6.07) is 4.43. The average molecular weight is 272 g/mol. The van der Waals surface area contributed by atoms with Crippen molar-refractivity contribution >= 4 is 17.4 Å². The summed E-state index contributed by atoms with van der Waals surface area (Å²) in [6.45, 7) is 1.98. The van der Waals surface area contributed by atoms with E-state index in [0.717, 1.165) is 6.54 Å². The molecule has 0 aromatic heterocycles. The van der Waals surface area contributed by atoms with Gasteiger partial charge in [-0.15, -0.1) is 0 Å². The van der Waals surface area contributed by atoms with E-state index in [0.29, 0.717) is 18.7 Å². The number of ketones is 1. The highest BCUT2D eigenvalue weighted by Gasteiger charge is 2.24. The van der Waals surface area contributed by atoms with Gasteiger partial charge >= 0.3 is 0 Å². The van der Waals surface area contributed by atoms with Gasteiger partial charge in [0.1, 0.15) is 11.9 Å². The Morgan fingerprint density at radius 3 is 3.06 bits per heavy atom. The number of likely N-dealkylation sites (N-methyl/N-ethyl adjacent to an activating group) is 1. The Kier molecular flexibility index (Phi) is 4.32. The van der Waals surface area contributed by atoms with E-state index >= 15 is 0 Å². The van der Waals surface area contributed by atoms with Crippen LogP contribution in [0.25, 0.3) is 0 Å². The molecule has 3 nitrogen and oxygen atoms in total. The molecule has 1 aliphatic heterocycles. The minimum absolute atomic E-state index is 0.0247. The fraction of sp³-hybridized carbons (Fsp3) is 0.462. The molecule has 1 aromatic carbocycles. The van der Waals surface area contributed by atoms with Crippen molar-refractivity contribution in [3.8, 4) is 0 Å². The van der Waals surface area contributed by atoms with Gasteiger partial charge in [-0.05, 0) is 24.7 Å². The zero-order valence-electron chi connectivity index (χ0n) is 10.2. The topological polar surface area (TPSA) is 29.5 Å². The molecule has 5 heteroatoms. The van der Waals surface area contributed by atoms with Crippen molar-refractivity contribution in [1.29, 1.82) is 0 Å². The maximum atomic E-state index is 13.3. The zero-order chi connectivity index (χ0) is 13.1. The average Bonchev–Trinajstić information content (AvgIpc) is 2.34. The first kappa shape index (κ1) is 13.5. The van der Waals surface area contributed by atoms with E-state index in [1.54, 1.807) is 6.07 Å². The van der Waals surface area contributed by atoms with Crippen molar-refractivity contribution < 1.29 is 13.9 Å². The second-order valence-corrected chi connectivity index (χ2v) is 4.92. The number of carbonyl (C=O) groups is 1. The van der Waals surface area contributed by atoms with Crippen LogP contribution in [0.5, 0.6) is 0 Å². The Bertz CT molecular complexity index is 453. The number of Topliss-reactive ketones (excluding diaryl/α,β-unsaturated/α-hetero) is 1. The largest absolute Gasteiger partial charge is 0.368 e. The number of hydrogen-bond donors (Lipinski definition) is 0. The fourth-order valence-electron chi connectivity index (χ4n) is 1.94. The number of hydrogen-bond acceptors (Lipinski definition) is 3. The molecule has 1 fully saturated rings. The van der Waals surface area contributed by atoms with Crippen molar-refractivity contribution in [1.82, 2.24) is 4.90 Å². The molecule has 98 valence electrons. The van der Waals surface area contributed by atoms with Gasteiger partial charge < -0.3 is 9.64 Å². The van der Waals surface area contributed by atoms with Gasteiger partial charge in [0.05, 0.1) is 11.6 Å². The Labute approximate surface area is 110 Å². The number of benzene rings is 1. The van der Waals surface area contributed by atoms with Gasteiger partial charge in [0, 0.05) is 19.5 Å². The van der Waals surface area contributed by atoms with Crippen LogP contribution in [0.3, 0.4) is 0 Å². The number of ether oxygens (including phenoxy) is 1. The number of morpholine rings is 1. The van der Waals surface area contributed by atoms with E-state index in [1.165, 1.54) is 12.1 Å². The molecule has 1 saturated heterocycles. The Hall–Kier alpha value is -0.970. The van der Waals surface area contributed by atoms with Gasteiger partial charge in [-0.1, -0.05) is 17.7 Å². The summed E-state index contributed by atoms with van der Waals surface area (Å²) in [6.07, 6.45) is -0.241. The Morgan fingerprint density at radius 2 is 2.39 bits per heavy atom. The monoisotopic (exact) mass is 271 g/mol. The van der Waals surface area contributed by atoms with Gasteiger partial charge in [-0.3, -0.25) is 4.79 Å².